The van der Waals surface area contributed by atoms with Crippen molar-refractivity contribution in [1.82, 2.24) is 15.2 Å². The van der Waals surface area contributed by atoms with Crippen molar-refractivity contribution in [3.05, 3.63) is 82.8 Å². The third-order valence-corrected chi connectivity index (χ3v) is 6.03. The van der Waals surface area contributed by atoms with E-state index in [1.54, 1.807) is 36.4 Å². The normalized spacial score (nSPS) is 10.7. The number of benzene rings is 3. The van der Waals surface area contributed by atoms with Gasteiger partial charge in [-0.2, -0.15) is 0 Å². The van der Waals surface area contributed by atoms with Crippen LogP contribution in [-0.2, 0) is 4.79 Å². The Balaban J connectivity index is 1.51. The van der Waals surface area contributed by atoms with Gasteiger partial charge in [0.2, 0.25) is 11.1 Å². The summed E-state index contributed by atoms with van der Waals surface area (Å²) in [5, 5.41) is 13.2. The molecule has 0 atom stereocenters. The van der Waals surface area contributed by atoms with Gasteiger partial charge in [-0.05, 0) is 55.5 Å². The Bertz CT molecular complexity index is 1270. The van der Waals surface area contributed by atoms with Gasteiger partial charge in [0.15, 0.2) is 0 Å². The Morgan fingerprint density at radius 3 is 2.03 bits per heavy atom. The fourth-order valence-electron chi connectivity index (χ4n) is 3.11. The molecular weight excluding hydrogens is 491 g/mol. The average molecular weight is 511 g/mol. The molecule has 9 heteroatoms. The van der Waals surface area contributed by atoms with E-state index in [9.17, 15) is 4.79 Å². The van der Waals surface area contributed by atoms with Crippen LogP contribution in [-0.4, -0.2) is 33.4 Å². The molecule has 172 valence electrons. The Kier molecular flexibility index (Phi) is 8.00. The number of halogens is 2. The first-order valence-corrected chi connectivity index (χ1v) is 12.2. The quantitative estimate of drug-likeness (QED) is 0.267. The fourth-order valence-corrected chi connectivity index (χ4v) is 3.95. The summed E-state index contributed by atoms with van der Waals surface area (Å²) in [6.45, 7) is 2.51. The van der Waals surface area contributed by atoms with Gasteiger partial charge >= 0.3 is 0 Å². The van der Waals surface area contributed by atoms with Crippen LogP contribution in [0.2, 0.25) is 10.0 Å². The van der Waals surface area contributed by atoms with Crippen molar-refractivity contribution in [1.29, 1.82) is 0 Å². The first-order valence-electron chi connectivity index (χ1n) is 10.4. The number of amides is 1. The van der Waals surface area contributed by atoms with Crippen LogP contribution in [0.1, 0.15) is 6.92 Å². The predicted molar refractivity (Wildman–Crippen MR) is 138 cm³/mol. The summed E-state index contributed by atoms with van der Waals surface area (Å²) < 4.78 is 5.42. The molecule has 0 bridgehead atoms. The Morgan fingerprint density at radius 2 is 1.44 bits per heavy atom. The number of anilines is 1. The summed E-state index contributed by atoms with van der Waals surface area (Å²) in [7, 11) is 0. The van der Waals surface area contributed by atoms with Crippen LogP contribution in [0.15, 0.2) is 78.0 Å². The van der Waals surface area contributed by atoms with Crippen LogP contribution in [0, 0.1) is 0 Å². The first-order chi connectivity index (χ1) is 16.5. The van der Waals surface area contributed by atoms with E-state index in [0.717, 1.165) is 16.9 Å². The lowest BCUT2D eigenvalue weighted by atomic mass is 10.0. The highest BCUT2D eigenvalue weighted by atomic mass is 35.5. The van der Waals surface area contributed by atoms with E-state index in [1.807, 2.05) is 43.3 Å². The summed E-state index contributed by atoms with van der Waals surface area (Å²) in [5.74, 6) is 0.715. The third kappa shape index (κ3) is 6.26. The molecule has 0 radical (unpaired) electrons. The first kappa shape index (κ1) is 24.0. The number of carbonyl (C=O) groups excluding carboxylic acids is 1. The zero-order chi connectivity index (χ0) is 23.9. The van der Waals surface area contributed by atoms with Crippen molar-refractivity contribution in [2.45, 2.75) is 12.1 Å². The topological polar surface area (TPSA) is 77.0 Å². The van der Waals surface area contributed by atoms with Crippen LogP contribution in [0.3, 0.4) is 0 Å². The average Bonchev–Trinajstić information content (AvgIpc) is 2.85. The standard InChI is InChI=1S/C25H20Cl2N4O2S/c1-2-33-21-13-11-20(12-14-21)28-22(32)15-34-25-29-23(16-3-7-18(26)8-4-16)24(30-31-25)17-5-9-19(27)10-6-17/h3-14H,2,15H2,1H3,(H,28,32). The monoisotopic (exact) mass is 510 g/mol. The van der Waals surface area contributed by atoms with Crippen LogP contribution in [0.4, 0.5) is 5.69 Å². The number of carbonyl (C=O) groups is 1. The van der Waals surface area contributed by atoms with Crippen LogP contribution in [0.25, 0.3) is 22.5 Å². The minimum atomic E-state index is -0.174. The lowest BCUT2D eigenvalue weighted by Gasteiger charge is -2.10. The number of rotatable bonds is 8. The van der Waals surface area contributed by atoms with Gasteiger partial charge in [-0.15, -0.1) is 10.2 Å². The third-order valence-electron chi connectivity index (χ3n) is 4.68. The molecule has 0 saturated heterocycles. The fraction of sp³-hybridized carbons (Fsp3) is 0.120. The summed E-state index contributed by atoms with van der Waals surface area (Å²) in [6.07, 6.45) is 0. The van der Waals surface area contributed by atoms with Gasteiger partial charge in [0.1, 0.15) is 17.1 Å². The molecular formula is C25H20Cl2N4O2S. The number of hydrogen-bond donors (Lipinski definition) is 1. The minimum absolute atomic E-state index is 0.134. The second-order valence-electron chi connectivity index (χ2n) is 7.10. The van der Waals surface area contributed by atoms with Gasteiger partial charge in [0.25, 0.3) is 0 Å². The molecule has 0 aliphatic rings. The lowest BCUT2D eigenvalue weighted by molar-refractivity contribution is -0.113. The summed E-state index contributed by atoms with van der Waals surface area (Å²) >= 11 is 13.3. The molecule has 0 spiro atoms. The number of ether oxygens (including phenoxy) is 1. The van der Waals surface area contributed by atoms with E-state index in [0.29, 0.717) is 38.9 Å². The molecule has 4 rings (SSSR count). The predicted octanol–water partition coefficient (Wildman–Crippen LogP) is 6.64. The molecule has 3 aromatic carbocycles. The van der Waals surface area contributed by atoms with E-state index in [2.05, 4.69) is 15.5 Å². The molecule has 4 aromatic rings. The summed E-state index contributed by atoms with van der Waals surface area (Å²) in [5.41, 5.74) is 3.61. The molecule has 6 nitrogen and oxygen atoms in total. The van der Waals surface area contributed by atoms with Gasteiger partial charge in [-0.1, -0.05) is 59.2 Å². The van der Waals surface area contributed by atoms with E-state index in [4.69, 9.17) is 32.9 Å². The zero-order valence-corrected chi connectivity index (χ0v) is 20.5. The van der Waals surface area contributed by atoms with Crippen molar-refractivity contribution in [3.8, 4) is 28.3 Å². The van der Waals surface area contributed by atoms with Crippen molar-refractivity contribution in [2.75, 3.05) is 17.7 Å². The largest absolute Gasteiger partial charge is 0.494 e. The molecule has 0 aliphatic heterocycles. The number of hydrogen-bond acceptors (Lipinski definition) is 6. The smallest absolute Gasteiger partial charge is 0.234 e. The molecule has 0 fully saturated rings. The maximum absolute atomic E-state index is 12.4. The maximum atomic E-state index is 12.4. The highest BCUT2D eigenvalue weighted by molar-refractivity contribution is 7.99. The van der Waals surface area contributed by atoms with Gasteiger partial charge in [0.05, 0.1) is 12.4 Å². The minimum Gasteiger partial charge on any atom is -0.494 e. The molecule has 1 N–H and O–H groups in total. The molecule has 1 heterocycles. The van der Waals surface area contributed by atoms with E-state index >= 15 is 0 Å². The highest BCUT2D eigenvalue weighted by Gasteiger charge is 2.15. The molecule has 1 amide bonds. The Labute approximate surface area is 211 Å². The van der Waals surface area contributed by atoms with Gasteiger partial charge < -0.3 is 10.1 Å². The van der Waals surface area contributed by atoms with Crippen LogP contribution in [0.5, 0.6) is 5.75 Å². The molecule has 0 unspecified atom stereocenters. The number of nitrogens with one attached hydrogen (secondary N) is 1. The summed E-state index contributed by atoms with van der Waals surface area (Å²) in [4.78, 5) is 17.1. The number of thioether (sulfide) groups is 1. The molecule has 0 saturated carbocycles. The van der Waals surface area contributed by atoms with Gasteiger partial charge in [0, 0.05) is 26.9 Å². The molecule has 0 aliphatic carbocycles. The van der Waals surface area contributed by atoms with Crippen LogP contribution < -0.4 is 10.1 Å². The zero-order valence-electron chi connectivity index (χ0n) is 18.2. The van der Waals surface area contributed by atoms with Crippen molar-refractivity contribution in [2.24, 2.45) is 0 Å². The SMILES string of the molecule is CCOc1ccc(NC(=O)CSc2nnc(-c3ccc(Cl)cc3)c(-c3ccc(Cl)cc3)n2)cc1. The van der Waals surface area contributed by atoms with Gasteiger partial charge in [-0.25, -0.2) is 4.98 Å². The maximum Gasteiger partial charge on any atom is 0.234 e. The number of aromatic nitrogens is 3. The highest BCUT2D eigenvalue weighted by Crippen LogP contribution is 2.31. The Morgan fingerprint density at radius 1 is 0.853 bits per heavy atom. The van der Waals surface area contributed by atoms with Crippen molar-refractivity contribution < 1.29 is 9.53 Å². The molecule has 1 aromatic heterocycles. The number of nitrogens with zero attached hydrogens (tertiary/aromatic N) is 3. The lowest BCUT2D eigenvalue weighted by Crippen LogP contribution is -2.14. The summed E-state index contributed by atoms with van der Waals surface area (Å²) in [6, 6.07) is 21.9. The van der Waals surface area contributed by atoms with Crippen molar-refractivity contribution in [3.63, 3.8) is 0 Å². The van der Waals surface area contributed by atoms with Crippen molar-refractivity contribution >= 4 is 46.6 Å². The van der Waals surface area contributed by atoms with Crippen LogP contribution >= 0.6 is 35.0 Å². The second kappa shape index (κ2) is 11.3. The van der Waals surface area contributed by atoms with E-state index in [-0.39, 0.29) is 11.7 Å². The van der Waals surface area contributed by atoms with Gasteiger partial charge in [-0.3, -0.25) is 4.79 Å². The van der Waals surface area contributed by atoms with E-state index in [1.165, 1.54) is 11.8 Å². The molecule has 34 heavy (non-hydrogen) atoms. The second-order valence-corrected chi connectivity index (χ2v) is 8.91. The Hall–Kier alpha value is -3.13. The van der Waals surface area contributed by atoms with E-state index < -0.39 is 0 Å².